The quantitative estimate of drug-likeness (QED) is 0.867. The van der Waals surface area contributed by atoms with Crippen molar-refractivity contribution in [2.24, 2.45) is 0 Å². The number of rotatable bonds is 3. The molecule has 0 saturated carbocycles. The highest BCUT2D eigenvalue weighted by atomic mass is 32.1. The molecule has 1 saturated heterocycles. The van der Waals surface area contributed by atoms with E-state index in [9.17, 15) is 0 Å². The van der Waals surface area contributed by atoms with Gasteiger partial charge in [-0.25, -0.2) is 4.98 Å². The standard InChI is InChI=1S/C14H20N2O3S/c1-2-19-14(4-7-17-8-5-14)13-15-11-3-6-18-9-10(11)12(20)16-13/h2-9H2,1H3,(H,15,16,20). The summed E-state index contributed by atoms with van der Waals surface area (Å²) in [5.41, 5.74) is 1.79. The Morgan fingerprint density at radius 3 is 2.85 bits per heavy atom. The zero-order chi connectivity index (χ0) is 14.0. The van der Waals surface area contributed by atoms with Gasteiger partial charge in [0, 0.05) is 50.3 Å². The summed E-state index contributed by atoms with van der Waals surface area (Å²) in [5.74, 6) is 0.855. The van der Waals surface area contributed by atoms with Gasteiger partial charge in [-0.05, 0) is 6.92 Å². The van der Waals surface area contributed by atoms with E-state index in [0.717, 1.165) is 43.0 Å². The first-order chi connectivity index (χ1) is 9.75. The molecule has 0 aromatic carbocycles. The first-order valence-corrected chi connectivity index (χ1v) is 7.58. The van der Waals surface area contributed by atoms with Crippen LogP contribution in [0.2, 0.25) is 0 Å². The molecule has 0 bridgehead atoms. The van der Waals surface area contributed by atoms with E-state index in [1.54, 1.807) is 0 Å². The Morgan fingerprint density at radius 1 is 1.30 bits per heavy atom. The summed E-state index contributed by atoms with van der Waals surface area (Å²) in [6, 6.07) is 0. The third-order valence-electron chi connectivity index (χ3n) is 4.00. The van der Waals surface area contributed by atoms with Crippen molar-refractivity contribution >= 4 is 12.2 Å². The molecule has 1 N–H and O–H groups in total. The number of nitrogens with zero attached hydrogens (tertiary/aromatic N) is 1. The van der Waals surface area contributed by atoms with Crippen molar-refractivity contribution < 1.29 is 14.2 Å². The Hall–Kier alpha value is -0.820. The van der Waals surface area contributed by atoms with Gasteiger partial charge in [-0.1, -0.05) is 12.2 Å². The lowest BCUT2D eigenvalue weighted by Gasteiger charge is -2.36. The van der Waals surface area contributed by atoms with E-state index in [2.05, 4.69) is 9.97 Å². The maximum absolute atomic E-state index is 6.05. The van der Waals surface area contributed by atoms with Crippen LogP contribution >= 0.6 is 12.2 Å². The highest BCUT2D eigenvalue weighted by Gasteiger charge is 2.38. The van der Waals surface area contributed by atoms with Gasteiger partial charge in [0.05, 0.1) is 13.2 Å². The highest BCUT2D eigenvalue weighted by Crippen LogP contribution is 2.34. The topological polar surface area (TPSA) is 56.4 Å². The molecular formula is C14H20N2O3S. The Kier molecular flexibility index (Phi) is 4.16. The van der Waals surface area contributed by atoms with E-state index in [4.69, 9.17) is 26.4 Å². The van der Waals surface area contributed by atoms with Crippen LogP contribution in [-0.4, -0.2) is 36.4 Å². The van der Waals surface area contributed by atoms with Crippen LogP contribution in [0.5, 0.6) is 0 Å². The number of hydrogen-bond donors (Lipinski definition) is 1. The fraction of sp³-hybridized carbons (Fsp3) is 0.714. The van der Waals surface area contributed by atoms with Crippen molar-refractivity contribution in [3.05, 3.63) is 21.7 Å². The average Bonchev–Trinajstić information content (AvgIpc) is 2.48. The van der Waals surface area contributed by atoms with Crippen LogP contribution in [0.3, 0.4) is 0 Å². The van der Waals surface area contributed by atoms with E-state index in [0.29, 0.717) is 31.1 Å². The van der Waals surface area contributed by atoms with Gasteiger partial charge in [0.25, 0.3) is 0 Å². The zero-order valence-corrected chi connectivity index (χ0v) is 12.6. The predicted octanol–water partition coefficient (Wildman–Crippen LogP) is 2.25. The van der Waals surface area contributed by atoms with Crippen molar-refractivity contribution in [3.8, 4) is 0 Å². The minimum Gasteiger partial charge on any atom is -0.381 e. The minimum atomic E-state index is -0.381. The largest absolute Gasteiger partial charge is 0.381 e. The van der Waals surface area contributed by atoms with Crippen LogP contribution in [0.25, 0.3) is 0 Å². The Balaban J connectivity index is 2.03. The molecule has 2 aliphatic rings. The molecule has 0 atom stereocenters. The first-order valence-electron chi connectivity index (χ1n) is 7.17. The molecule has 0 spiro atoms. The maximum atomic E-state index is 6.05. The zero-order valence-electron chi connectivity index (χ0n) is 11.7. The molecule has 110 valence electrons. The van der Waals surface area contributed by atoms with Crippen molar-refractivity contribution in [1.29, 1.82) is 0 Å². The second kappa shape index (κ2) is 5.89. The van der Waals surface area contributed by atoms with Crippen LogP contribution < -0.4 is 0 Å². The highest BCUT2D eigenvalue weighted by molar-refractivity contribution is 7.71. The molecule has 6 heteroatoms. The van der Waals surface area contributed by atoms with E-state index >= 15 is 0 Å². The average molecular weight is 296 g/mol. The Morgan fingerprint density at radius 2 is 2.10 bits per heavy atom. The number of ether oxygens (including phenoxy) is 3. The summed E-state index contributed by atoms with van der Waals surface area (Å²) in [6.45, 7) is 5.35. The third-order valence-corrected chi connectivity index (χ3v) is 4.34. The minimum absolute atomic E-state index is 0.381. The molecule has 0 radical (unpaired) electrons. The van der Waals surface area contributed by atoms with Crippen molar-refractivity contribution in [3.63, 3.8) is 0 Å². The number of nitrogens with one attached hydrogen (secondary N) is 1. The molecular weight excluding hydrogens is 276 g/mol. The molecule has 1 aromatic heterocycles. The monoisotopic (exact) mass is 296 g/mol. The van der Waals surface area contributed by atoms with Gasteiger partial charge >= 0.3 is 0 Å². The predicted molar refractivity (Wildman–Crippen MR) is 76.1 cm³/mol. The fourth-order valence-electron chi connectivity index (χ4n) is 2.90. The normalized spacial score (nSPS) is 21.4. The second-order valence-electron chi connectivity index (χ2n) is 5.19. The Bertz CT molecular complexity index is 532. The summed E-state index contributed by atoms with van der Waals surface area (Å²) in [7, 11) is 0. The number of hydrogen-bond acceptors (Lipinski definition) is 5. The van der Waals surface area contributed by atoms with Gasteiger partial charge in [-0.2, -0.15) is 0 Å². The summed E-state index contributed by atoms with van der Waals surface area (Å²) in [6.07, 6.45) is 2.48. The van der Waals surface area contributed by atoms with E-state index in [-0.39, 0.29) is 5.60 Å². The van der Waals surface area contributed by atoms with Crippen molar-refractivity contribution in [2.45, 2.75) is 38.4 Å². The van der Waals surface area contributed by atoms with Gasteiger partial charge in [0.15, 0.2) is 0 Å². The van der Waals surface area contributed by atoms with Gasteiger partial charge in [-0.15, -0.1) is 0 Å². The lowest BCUT2D eigenvalue weighted by molar-refractivity contribution is -0.118. The van der Waals surface area contributed by atoms with Gasteiger partial charge < -0.3 is 19.2 Å². The van der Waals surface area contributed by atoms with Crippen LogP contribution in [0.1, 0.15) is 36.8 Å². The van der Waals surface area contributed by atoms with E-state index in [1.807, 2.05) is 6.92 Å². The number of aromatic amines is 1. The van der Waals surface area contributed by atoms with Crippen molar-refractivity contribution in [1.82, 2.24) is 9.97 Å². The van der Waals surface area contributed by atoms with Gasteiger partial charge in [0.2, 0.25) is 0 Å². The second-order valence-corrected chi connectivity index (χ2v) is 5.58. The molecule has 0 unspecified atom stereocenters. The molecule has 2 aliphatic heterocycles. The van der Waals surface area contributed by atoms with Crippen molar-refractivity contribution in [2.75, 3.05) is 26.4 Å². The molecule has 3 rings (SSSR count). The van der Waals surface area contributed by atoms with Crippen LogP contribution in [0.4, 0.5) is 0 Å². The molecule has 0 aliphatic carbocycles. The summed E-state index contributed by atoms with van der Waals surface area (Å²) in [5, 5.41) is 0. The number of fused-ring (bicyclic) bond motifs is 1. The molecule has 5 nitrogen and oxygen atoms in total. The lowest BCUT2D eigenvalue weighted by Crippen LogP contribution is -2.39. The van der Waals surface area contributed by atoms with Crippen LogP contribution in [0, 0.1) is 4.64 Å². The lowest BCUT2D eigenvalue weighted by atomic mass is 9.92. The van der Waals surface area contributed by atoms with Gasteiger partial charge in [-0.3, -0.25) is 0 Å². The molecule has 3 heterocycles. The number of aromatic nitrogens is 2. The van der Waals surface area contributed by atoms with Crippen LogP contribution in [-0.2, 0) is 32.8 Å². The molecule has 20 heavy (non-hydrogen) atoms. The molecule has 1 aromatic rings. The summed E-state index contributed by atoms with van der Waals surface area (Å²) in [4.78, 5) is 8.06. The number of H-pyrrole nitrogens is 1. The molecule has 0 amide bonds. The Labute approximate surface area is 123 Å². The molecule has 1 fully saturated rings. The smallest absolute Gasteiger partial charge is 0.140 e. The van der Waals surface area contributed by atoms with Crippen LogP contribution in [0.15, 0.2) is 0 Å². The van der Waals surface area contributed by atoms with Gasteiger partial charge in [0.1, 0.15) is 16.1 Å². The third kappa shape index (κ3) is 2.53. The van der Waals surface area contributed by atoms with E-state index < -0.39 is 0 Å². The summed E-state index contributed by atoms with van der Waals surface area (Å²) < 4.78 is 17.6. The van der Waals surface area contributed by atoms with E-state index in [1.165, 1.54) is 0 Å². The fourth-order valence-corrected chi connectivity index (χ4v) is 3.17. The first kappa shape index (κ1) is 14.1. The summed E-state index contributed by atoms with van der Waals surface area (Å²) >= 11 is 5.43. The maximum Gasteiger partial charge on any atom is 0.140 e. The SMILES string of the molecule is CCOC1(c2nc(=S)c3c([nH]2)CCOC3)CCOCC1.